The van der Waals surface area contributed by atoms with E-state index in [9.17, 15) is 0 Å². The minimum atomic E-state index is 0.750. The van der Waals surface area contributed by atoms with Crippen molar-refractivity contribution in [2.75, 3.05) is 0 Å². The molecule has 0 amide bonds. The van der Waals surface area contributed by atoms with Gasteiger partial charge < -0.3 is 29.9 Å². The summed E-state index contributed by atoms with van der Waals surface area (Å²) in [5.74, 6) is 0. The van der Waals surface area contributed by atoms with Gasteiger partial charge in [-0.3, -0.25) is 0 Å². The maximum atomic E-state index is 6.17. The van der Waals surface area contributed by atoms with Gasteiger partial charge in [0, 0.05) is 144 Å². The summed E-state index contributed by atoms with van der Waals surface area (Å²) in [4.78, 5) is 60.4. The SMILES string of the molecule is CCCCCc1c2nc(c(C3=Cc4nc3c(-c3ccccc3)c3ccc([nH]3)c(-c3ccccc3)c3nc(c(-c5ccccc5)c5ccc([nH]5)c4-c4ccccc4)C=C3)c3ccc([nH]3)c(CCCCC)c3nc(c(C4=Cc5nc4c(-c4ccccc4)c4ccc([nH]4)c(-c4ccccc4)c4nc(c(-c6ccccc6)c6ccc([nH]6)c5-c5ccccc5)C=C4)c4ccc1[nH]4)C=C3)C=C2. The van der Waals surface area contributed by atoms with E-state index in [1.165, 1.54) is 0 Å². The summed E-state index contributed by atoms with van der Waals surface area (Å²) in [5.41, 5.74) is 42.5. The molecule has 130 heavy (non-hydrogen) atoms. The minimum Gasteiger partial charge on any atom is -0.355 e. The van der Waals surface area contributed by atoms with Crippen molar-refractivity contribution < 1.29 is 0 Å². The number of hydrogen-bond donors (Lipinski definition) is 6. The lowest BCUT2D eigenvalue weighted by Gasteiger charge is -2.11. The molecule has 0 saturated carbocycles. The van der Waals surface area contributed by atoms with Crippen LogP contribution in [-0.4, -0.2) is 59.8 Å². The number of nitrogens with one attached hydrogen (secondary N) is 6. The molecule has 17 aromatic rings. The Morgan fingerprint density at radius 3 is 0.623 bits per heavy atom. The minimum absolute atomic E-state index is 0.750. The molecule has 622 valence electrons. The zero-order valence-electron chi connectivity index (χ0n) is 72.1. The molecule has 0 saturated heterocycles. The second-order valence-corrected chi connectivity index (χ2v) is 33.9. The lowest BCUT2D eigenvalue weighted by molar-refractivity contribution is 0.717. The fourth-order valence-electron chi connectivity index (χ4n) is 19.7. The van der Waals surface area contributed by atoms with Gasteiger partial charge in [-0.2, -0.15) is 0 Å². The summed E-state index contributed by atoms with van der Waals surface area (Å²) in [6.07, 6.45) is 29.8. The highest BCUT2D eigenvalue weighted by molar-refractivity contribution is 6.12. The van der Waals surface area contributed by atoms with Crippen LogP contribution in [0.5, 0.6) is 0 Å². The third-order valence-corrected chi connectivity index (χ3v) is 25.8. The molecule has 23 rings (SSSR count). The molecule has 0 atom stereocenters. The number of fused-ring (bicyclic) bond motifs is 24. The highest BCUT2D eigenvalue weighted by Crippen LogP contribution is 2.49. The van der Waals surface area contributed by atoms with E-state index in [0.29, 0.717) is 0 Å². The molecular weight excluding hydrogens is 1590 g/mol. The number of nitrogens with zero attached hydrogens (tertiary/aromatic N) is 6. The van der Waals surface area contributed by atoms with E-state index in [-0.39, 0.29) is 0 Å². The number of rotatable bonds is 18. The molecule has 0 aliphatic carbocycles. The Morgan fingerprint density at radius 1 is 0.177 bits per heavy atom. The Kier molecular flexibility index (Phi) is 20.4. The Labute approximate surface area is 753 Å². The molecule has 24 bridgehead atoms. The standard InChI is InChI=1S/C118H90N12/c1-3-5-15-49-81-85-51-55-101(119-85)115(83-71-105-111(77-41-25-11-26-42-77)97-65-63-93(125-97)107(73-33-17-7-18-34-73)89-59-61-91(123-89)109(75-37-21-9-22-38-75)95-67-69-99(127-95)113(117(83)129-105)79-45-29-13-30-46-79)103-57-53-87(121-103)82(50-16-6-4-2)88-54-58-104(122-88)116(102-56-52-86(81)120-102)84-72-106-112(78-43-27-12-28-44-78)98-66-64-94(126-98)108(74-35-19-8-20-36-74)90-60-62-92(124-90)110(76-39-23-10-24-40-76)96-68-70-100(128-96)114(118(84)130-106)80-47-31-14-32-48-80/h7-14,17-48,51-72,119,122,125-128H,3-6,15-16,49-50H2,1-2H3. The first-order chi connectivity index (χ1) is 64.4. The lowest BCUT2D eigenvalue weighted by Crippen LogP contribution is -1.97. The Balaban J connectivity index is 0.831. The maximum Gasteiger partial charge on any atom is 0.0817 e. The van der Waals surface area contributed by atoms with Gasteiger partial charge in [0.1, 0.15) is 0 Å². The molecule has 0 radical (unpaired) electrons. The lowest BCUT2D eigenvalue weighted by atomic mass is 9.94. The number of aromatic nitrogens is 12. The fraction of sp³-hybridized carbons (Fsp3) is 0.0847. The largest absolute Gasteiger partial charge is 0.355 e. The summed E-state index contributed by atoms with van der Waals surface area (Å²) in [6, 6.07) is 112. The van der Waals surface area contributed by atoms with Crippen molar-refractivity contribution in [3.63, 3.8) is 0 Å². The predicted molar refractivity (Wildman–Crippen MR) is 543 cm³/mol. The Morgan fingerprint density at radius 2 is 0.369 bits per heavy atom. The summed E-state index contributed by atoms with van der Waals surface area (Å²) < 4.78 is 0. The number of aryl methyl sites for hydroxylation is 2. The Hall–Kier alpha value is -16.4. The van der Waals surface area contributed by atoms with Gasteiger partial charge in [-0.15, -0.1) is 0 Å². The molecule has 8 aromatic carbocycles. The van der Waals surface area contributed by atoms with E-state index in [0.717, 1.165) is 308 Å². The van der Waals surface area contributed by atoms with Gasteiger partial charge in [0.2, 0.25) is 0 Å². The highest BCUT2D eigenvalue weighted by Gasteiger charge is 2.31. The van der Waals surface area contributed by atoms with Crippen LogP contribution in [0.3, 0.4) is 0 Å². The number of unbranched alkanes of at least 4 members (excludes halogenated alkanes) is 4. The van der Waals surface area contributed by atoms with E-state index in [1.807, 2.05) is 0 Å². The quantitative estimate of drug-likeness (QED) is 0.0467. The van der Waals surface area contributed by atoms with Gasteiger partial charge in [0.25, 0.3) is 0 Å². The first-order valence-corrected chi connectivity index (χ1v) is 45.4. The molecular formula is C118H90N12. The molecule has 6 aliphatic rings. The number of hydrogen-bond acceptors (Lipinski definition) is 6. The second-order valence-electron chi connectivity index (χ2n) is 33.9. The van der Waals surface area contributed by atoms with Crippen molar-refractivity contribution in [3.8, 4) is 89.0 Å². The predicted octanol–water partition coefficient (Wildman–Crippen LogP) is 30.2. The molecule has 6 N–H and O–H groups in total. The first kappa shape index (κ1) is 78.3. The third kappa shape index (κ3) is 14.4. The van der Waals surface area contributed by atoms with Gasteiger partial charge in [0.05, 0.1) is 68.3 Å². The second kappa shape index (κ2) is 33.8. The summed E-state index contributed by atoms with van der Waals surface area (Å²) >= 11 is 0. The number of aromatic amines is 6. The van der Waals surface area contributed by atoms with Crippen LogP contribution in [0, 0.1) is 0 Å². The van der Waals surface area contributed by atoms with E-state index >= 15 is 0 Å². The van der Waals surface area contributed by atoms with Crippen molar-refractivity contribution in [2.45, 2.75) is 65.2 Å². The molecule has 15 heterocycles. The van der Waals surface area contributed by atoms with E-state index < -0.39 is 0 Å². The molecule has 0 unspecified atom stereocenters. The topological polar surface area (TPSA) is 172 Å². The van der Waals surface area contributed by atoms with Gasteiger partial charge in [-0.25, -0.2) is 29.9 Å². The zero-order chi connectivity index (χ0) is 86.5. The fourth-order valence-corrected chi connectivity index (χ4v) is 19.7. The van der Waals surface area contributed by atoms with Crippen LogP contribution in [0.2, 0.25) is 0 Å². The normalized spacial score (nSPS) is 12.6. The van der Waals surface area contributed by atoms with Crippen LogP contribution in [0.25, 0.3) is 227 Å². The van der Waals surface area contributed by atoms with Crippen molar-refractivity contribution in [1.82, 2.24) is 59.8 Å². The van der Waals surface area contributed by atoms with E-state index in [1.54, 1.807) is 0 Å². The summed E-state index contributed by atoms with van der Waals surface area (Å²) in [7, 11) is 0. The first-order valence-electron chi connectivity index (χ1n) is 45.4. The average Bonchev–Trinajstić information content (AvgIpc) is 1.59. The van der Waals surface area contributed by atoms with Gasteiger partial charge >= 0.3 is 0 Å². The van der Waals surface area contributed by atoms with Gasteiger partial charge in [-0.1, -0.05) is 282 Å². The number of H-pyrrole nitrogens is 6. The van der Waals surface area contributed by atoms with Crippen molar-refractivity contribution >= 4 is 138 Å². The van der Waals surface area contributed by atoms with Crippen molar-refractivity contribution in [3.05, 3.63) is 406 Å². The third-order valence-electron chi connectivity index (χ3n) is 25.8. The van der Waals surface area contributed by atoms with Gasteiger partial charge in [0.15, 0.2) is 0 Å². The average molecular weight is 1680 g/mol. The van der Waals surface area contributed by atoms with Crippen LogP contribution >= 0.6 is 0 Å². The number of benzene rings is 8. The van der Waals surface area contributed by atoms with Crippen molar-refractivity contribution in [1.29, 1.82) is 0 Å². The molecule has 9 aromatic heterocycles. The molecule has 6 aliphatic heterocycles. The molecule has 0 fully saturated rings. The van der Waals surface area contributed by atoms with Crippen LogP contribution in [0.4, 0.5) is 0 Å². The van der Waals surface area contributed by atoms with E-state index in [2.05, 4.69) is 420 Å². The highest BCUT2D eigenvalue weighted by atomic mass is 14.9. The van der Waals surface area contributed by atoms with Crippen LogP contribution in [0.1, 0.15) is 143 Å². The van der Waals surface area contributed by atoms with Crippen LogP contribution in [0.15, 0.2) is 315 Å². The van der Waals surface area contributed by atoms with E-state index in [4.69, 9.17) is 29.9 Å². The van der Waals surface area contributed by atoms with Crippen molar-refractivity contribution in [2.24, 2.45) is 0 Å². The monoisotopic (exact) mass is 1670 g/mol. The molecule has 12 nitrogen and oxygen atoms in total. The summed E-state index contributed by atoms with van der Waals surface area (Å²) in [6.45, 7) is 4.56. The van der Waals surface area contributed by atoms with Crippen LogP contribution < -0.4 is 0 Å². The van der Waals surface area contributed by atoms with Gasteiger partial charge in [-0.05, 0) is 204 Å². The zero-order valence-corrected chi connectivity index (χ0v) is 72.1. The Bertz CT molecular complexity index is 7640. The molecule has 0 spiro atoms. The summed E-state index contributed by atoms with van der Waals surface area (Å²) in [5, 5.41) is 0. The maximum absolute atomic E-state index is 6.17. The smallest absolute Gasteiger partial charge is 0.0817 e. The molecule has 12 heteroatoms. The van der Waals surface area contributed by atoms with Crippen LogP contribution in [-0.2, 0) is 12.8 Å².